The van der Waals surface area contributed by atoms with Crippen LogP contribution in [-0.2, 0) is 16.0 Å². The highest BCUT2D eigenvalue weighted by atomic mass is 16.5. The number of methoxy groups -OCH3 is 3. The van der Waals surface area contributed by atoms with Gasteiger partial charge in [-0.25, -0.2) is 9.48 Å². The van der Waals surface area contributed by atoms with E-state index in [1.807, 2.05) is 0 Å². The van der Waals surface area contributed by atoms with Gasteiger partial charge in [0.25, 0.3) is 5.91 Å². The third-order valence-electron chi connectivity index (χ3n) is 6.36. The highest BCUT2D eigenvalue weighted by molar-refractivity contribution is 6.06. The van der Waals surface area contributed by atoms with Gasteiger partial charge in [0, 0.05) is 24.4 Å². The molecule has 12 nitrogen and oxygen atoms in total. The Morgan fingerprint density at radius 2 is 1.75 bits per heavy atom. The monoisotopic (exact) mass is 551 g/mol. The fourth-order valence-corrected chi connectivity index (χ4v) is 4.50. The Kier molecular flexibility index (Phi) is 8.90. The summed E-state index contributed by atoms with van der Waals surface area (Å²) in [5.41, 5.74) is 2.49. The van der Waals surface area contributed by atoms with E-state index in [2.05, 4.69) is 20.7 Å². The second-order valence-corrected chi connectivity index (χ2v) is 8.90. The minimum Gasteiger partial charge on any atom is -0.493 e. The van der Waals surface area contributed by atoms with Crippen molar-refractivity contribution in [2.75, 3.05) is 45.2 Å². The summed E-state index contributed by atoms with van der Waals surface area (Å²) in [6.45, 7) is 3.80. The number of rotatable bonds is 11. The number of carbonyl (C=O) groups is 2. The Hall–Kier alpha value is -4.58. The van der Waals surface area contributed by atoms with Crippen LogP contribution in [0.3, 0.4) is 0 Å². The second-order valence-electron chi connectivity index (χ2n) is 8.90. The number of anilines is 2. The second kappa shape index (κ2) is 12.5. The first-order valence-corrected chi connectivity index (χ1v) is 12.8. The Bertz CT molecular complexity index is 1390. The molecule has 12 heteroatoms. The van der Waals surface area contributed by atoms with Crippen molar-refractivity contribution in [1.29, 1.82) is 0 Å². The first kappa shape index (κ1) is 28.4. The highest BCUT2D eigenvalue weighted by Gasteiger charge is 2.35. The summed E-state index contributed by atoms with van der Waals surface area (Å²) in [4.78, 5) is 30.4. The number of fused-ring (bicyclic) bond motifs is 1. The number of nitrogens with zero attached hydrogens (tertiary/aromatic N) is 3. The molecule has 0 spiro atoms. The van der Waals surface area contributed by atoms with E-state index in [0.717, 1.165) is 0 Å². The number of hydrogen-bond donors (Lipinski definition) is 3. The van der Waals surface area contributed by atoms with Crippen LogP contribution < -0.4 is 24.8 Å². The van der Waals surface area contributed by atoms with Gasteiger partial charge in [-0.3, -0.25) is 4.79 Å². The van der Waals surface area contributed by atoms with E-state index in [4.69, 9.17) is 18.9 Å². The number of hydrogen-bond acceptors (Lipinski definition) is 10. The maximum atomic E-state index is 13.8. The molecule has 212 valence electrons. The van der Waals surface area contributed by atoms with E-state index in [-0.39, 0.29) is 19.1 Å². The van der Waals surface area contributed by atoms with E-state index in [1.165, 1.54) is 21.3 Å². The molecule has 0 aliphatic carbocycles. The fourth-order valence-electron chi connectivity index (χ4n) is 4.50. The summed E-state index contributed by atoms with van der Waals surface area (Å²) in [5, 5.41) is 20.1. The molecule has 0 bridgehead atoms. The average Bonchev–Trinajstić information content (AvgIpc) is 3.37. The van der Waals surface area contributed by atoms with Gasteiger partial charge >= 0.3 is 5.97 Å². The number of aromatic nitrogens is 3. The van der Waals surface area contributed by atoms with E-state index < -0.39 is 12.0 Å². The van der Waals surface area contributed by atoms with Crippen LogP contribution in [-0.4, -0.2) is 66.3 Å². The lowest BCUT2D eigenvalue weighted by atomic mass is 9.94. The molecule has 1 aliphatic heterocycles. The molecule has 0 fully saturated rings. The van der Waals surface area contributed by atoms with Gasteiger partial charge in [0.1, 0.15) is 6.04 Å². The summed E-state index contributed by atoms with van der Waals surface area (Å²) in [6.07, 6.45) is 0.966. The molecule has 0 radical (unpaired) electrons. The highest BCUT2D eigenvalue weighted by Crippen LogP contribution is 2.44. The smallest absolute Gasteiger partial charge is 0.338 e. The van der Waals surface area contributed by atoms with Crippen molar-refractivity contribution in [3.8, 4) is 17.2 Å². The van der Waals surface area contributed by atoms with Crippen molar-refractivity contribution in [3.05, 3.63) is 64.6 Å². The number of carbonyl (C=O) groups excluding carboxylic acids is 2. The Balaban J connectivity index is 1.77. The molecule has 1 unspecified atom stereocenters. The Labute approximate surface area is 231 Å². The number of nitrogens with one attached hydrogen (secondary N) is 2. The summed E-state index contributed by atoms with van der Waals surface area (Å²) >= 11 is 0. The molecule has 1 aromatic heterocycles. The third kappa shape index (κ3) is 5.71. The van der Waals surface area contributed by atoms with Crippen LogP contribution in [0.25, 0.3) is 0 Å². The zero-order valence-corrected chi connectivity index (χ0v) is 23.1. The first-order valence-electron chi connectivity index (χ1n) is 12.8. The molecule has 40 heavy (non-hydrogen) atoms. The normalized spacial score (nSPS) is 14.2. The zero-order valence-electron chi connectivity index (χ0n) is 23.1. The van der Waals surface area contributed by atoms with Crippen LogP contribution in [0, 0.1) is 0 Å². The predicted octanol–water partition coefficient (Wildman–Crippen LogP) is 3.33. The largest absolute Gasteiger partial charge is 0.493 e. The lowest BCUT2D eigenvalue weighted by Gasteiger charge is -2.29. The quantitative estimate of drug-likeness (QED) is 0.303. The number of ether oxygens (including phenoxy) is 4. The molecule has 2 aromatic carbocycles. The van der Waals surface area contributed by atoms with Gasteiger partial charge in [-0.1, -0.05) is 0 Å². The number of aliphatic hydroxyl groups excluding tert-OH is 1. The van der Waals surface area contributed by atoms with Gasteiger partial charge in [-0.2, -0.15) is 10.1 Å². The molecule has 1 aliphatic rings. The summed E-state index contributed by atoms with van der Waals surface area (Å²) in [6, 6.07) is 9.29. The van der Waals surface area contributed by atoms with Crippen LogP contribution in [0.5, 0.6) is 17.2 Å². The maximum Gasteiger partial charge on any atom is 0.338 e. The number of benzene rings is 2. The van der Waals surface area contributed by atoms with E-state index >= 15 is 0 Å². The zero-order chi connectivity index (χ0) is 28.8. The predicted molar refractivity (Wildman–Crippen MR) is 147 cm³/mol. The Morgan fingerprint density at radius 3 is 2.33 bits per heavy atom. The molecule has 0 saturated carbocycles. The number of allylic oxidation sites excluding steroid dienone is 1. The molecular weight excluding hydrogens is 518 g/mol. The van der Waals surface area contributed by atoms with Gasteiger partial charge in [0.05, 0.1) is 39.1 Å². The van der Waals surface area contributed by atoms with Crippen molar-refractivity contribution < 1.29 is 33.6 Å². The van der Waals surface area contributed by atoms with Crippen LogP contribution >= 0.6 is 0 Å². The lowest BCUT2D eigenvalue weighted by Crippen LogP contribution is -2.31. The first-order chi connectivity index (χ1) is 19.3. The molecule has 2 heterocycles. The number of esters is 1. The minimum absolute atomic E-state index is 0.00744. The number of aryl methyl sites for hydroxylation is 1. The number of aliphatic hydroxyl groups is 1. The number of amides is 1. The van der Waals surface area contributed by atoms with Crippen molar-refractivity contribution in [2.45, 2.75) is 32.7 Å². The molecule has 0 saturated heterocycles. The molecule has 1 amide bonds. The molecular formula is C28H33N5O7. The fraction of sp³-hybridized carbons (Fsp3) is 0.357. The summed E-state index contributed by atoms with van der Waals surface area (Å²) in [5.74, 6) is 1.42. The average molecular weight is 552 g/mol. The third-order valence-corrected chi connectivity index (χ3v) is 6.36. The molecule has 3 aromatic rings. The lowest BCUT2D eigenvalue weighted by molar-refractivity contribution is -0.113. The molecule has 4 rings (SSSR count). The van der Waals surface area contributed by atoms with Gasteiger partial charge in [0.15, 0.2) is 17.3 Å². The minimum atomic E-state index is -0.709. The van der Waals surface area contributed by atoms with Crippen LogP contribution in [0.2, 0.25) is 0 Å². The van der Waals surface area contributed by atoms with Gasteiger partial charge in [-0.05, 0) is 62.2 Å². The van der Waals surface area contributed by atoms with E-state index in [9.17, 15) is 14.7 Å². The van der Waals surface area contributed by atoms with Crippen LogP contribution in [0.1, 0.15) is 48.1 Å². The van der Waals surface area contributed by atoms with Gasteiger partial charge in [0.2, 0.25) is 11.7 Å². The SMILES string of the molecule is CCOC(=O)c1ccc(NC(=O)C2=C(C)Nc3nc(CCCO)nn3C2c2cc(OC)c(OC)c(OC)c2)cc1. The van der Waals surface area contributed by atoms with Crippen LogP contribution in [0.4, 0.5) is 11.6 Å². The van der Waals surface area contributed by atoms with Crippen molar-refractivity contribution >= 4 is 23.5 Å². The molecule has 3 N–H and O–H groups in total. The molecule has 1 atom stereocenters. The van der Waals surface area contributed by atoms with Crippen molar-refractivity contribution in [1.82, 2.24) is 14.8 Å². The van der Waals surface area contributed by atoms with Gasteiger partial charge < -0.3 is 34.7 Å². The van der Waals surface area contributed by atoms with Crippen LogP contribution in [0.15, 0.2) is 47.7 Å². The van der Waals surface area contributed by atoms with Crippen molar-refractivity contribution in [3.63, 3.8) is 0 Å². The summed E-state index contributed by atoms with van der Waals surface area (Å²) in [7, 11) is 4.56. The standard InChI is InChI=1S/C28H33N5O7/c1-6-40-27(36)17-9-11-19(12-10-17)30-26(35)23-16(2)29-28-31-22(8-7-13-34)32-33(28)24(23)18-14-20(37-3)25(39-5)21(15-18)38-4/h9-12,14-15,24,34H,6-8,13H2,1-5H3,(H,30,35)(H,29,31,32). The van der Waals surface area contributed by atoms with E-state index in [1.54, 1.807) is 54.9 Å². The van der Waals surface area contributed by atoms with Crippen molar-refractivity contribution in [2.24, 2.45) is 0 Å². The maximum absolute atomic E-state index is 13.8. The topological polar surface area (TPSA) is 146 Å². The summed E-state index contributed by atoms with van der Waals surface area (Å²) < 4.78 is 23.3. The van der Waals surface area contributed by atoms with E-state index in [0.29, 0.717) is 69.9 Å². The van der Waals surface area contributed by atoms with Gasteiger partial charge in [-0.15, -0.1) is 0 Å². The Morgan fingerprint density at radius 1 is 1.07 bits per heavy atom.